The largest absolute Gasteiger partial charge is 0.459 e. The molecule has 1 unspecified atom stereocenters. The second-order valence-electron chi connectivity index (χ2n) is 7.64. The fraction of sp³-hybridized carbons (Fsp3) is 0.250. The van der Waals surface area contributed by atoms with Gasteiger partial charge in [-0.1, -0.05) is 6.92 Å². The number of nitrogens with zero attached hydrogens (tertiary/aromatic N) is 3. The minimum absolute atomic E-state index is 0.0207. The third kappa shape index (κ3) is 6.66. The number of carbonyl (C=O) groups excluding carboxylic acids is 2. The van der Waals surface area contributed by atoms with Crippen molar-refractivity contribution in [3.8, 4) is 0 Å². The molecular weight excluding hydrogens is 478 g/mol. The van der Waals surface area contributed by atoms with Crippen molar-refractivity contribution in [2.24, 2.45) is 0 Å². The van der Waals surface area contributed by atoms with E-state index in [0.717, 1.165) is 12.1 Å². The van der Waals surface area contributed by atoms with Crippen LogP contribution in [0.1, 0.15) is 35.0 Å². The van der Waals surface area contributed by atoms with Gasteiger partial charge in [0, 0.05) is 50.2 Å². The van der Waals surface area contributed by atoms with E-state index in [1.54, 1.807) is 27.1 Å². The van der Waals surface area contributed by atoms with Gasteiger partial charge in [0.05, 0.1) is 33.5 Å². The van der Waals surface area contributed by atoms with Crippen molar-refractivity contribution in [1.82, 2.24) is 9.97 Å². The van der Waals surface area contributed by atoms with Crippen LogP contribution in [0, 0.1) is 11.6 Å². The number of nitrogens with one attached hydrogen (secondary N) is 1. The molecule has 1 aromatic carbocycles. The molecule has 0 aliphatic rings. The van der Waals surface area contributed by atoms with E-state index in [2.05, 4.69) is 15.3 Å². The second kappa shape index (κ2) is 11.6. The van der Waals surface area contributed by atoms with E-state index in [1.807, 2.05) is 0 Å². The average Bonchev–Trinajstić information content (AvgIpc) is 2.84. The van der Waals surface area contributed by atoms with Crippen LogP contribution in [0.4, 0.5) is 20.2 Å². The van der Waals surface area contributed by atoms with Gasteiger partial charge in [0.15, 0.2) is 0 Å². The summed E-state index contributed by atoms with van der Waals surface area (Å²) in [4.78, 5) is 33.9. The number of esters is 1. The van der Waals surface area contributed by atoms with Gasteiger partial charge in [-0.2, -0.15) is 0 Å². The first-order chi connectivity index (χ1) is 16.7. The number of amides is 1. The summed E-state index contributed by atoms with van der Waals surface area (Å²) in [6, 6.07) is 8.05. The molecule has 184 valence electrons. The zero-order valence-corrected chi connectivity index (χ0v) is 20.2. The molecule has 0 saturated carbocycles. The smallest absolute Gasteiger partial charge is 0.305 e. The predicted molar refractivity (Wildman–Crippen MR) is 127 cm³/mol. The van der Waals surface area contributed by atoms with Crippen LogP contribution in [0.15, 0.2) is 53.8 Å². The zero-order chi connectivity index (χ0) is 25.5. The summed E-state index contributed by atoms with van der Waals surface area (Å²) in [5, 5.41) is 2.60. The van der Waals surface area contributed by atoms with Gasteiger partial charge in [-0.3, -0.25) is 18.8 Å². The fourth-order valence-corrected chi connectivity index (χ4v) is 4.30. The van der Waals surface area contributed by atoms with Crippen molar-refractivity contribution >= 4 is 34.1 Å². The summed E-state index contributed by atoms with van der Waals surface area (Å²) in [5.74, 6) is -2.70. The highest BCUT2D eigenvalue weighted by Gasteiger charge is 2.20. The minimum atomic E-state index is -1.94. The number of pyridine rings is 2. The molecule has 0 saturated heterocycles. The van der Waals surface area contributed by atoms with Gasteiger partial charge < -0.3 is 15.0 Å². The quantitative estimate of drug-likeness (QED) is 0.444. The molecule has 0 aliphatic heterocycles. The van der Waals surface area contributed by atoms with E-state index < -0.39 is 28.3 Å². The summed E-state index contributed by atoms with van der Waals surface area (Å²) >= 11 is 0. The average molecular weight is 503 g/mol. The van der Waals surface area contributed by atoms with Crippen LogP contribution in [0.3, 0.4) is 0 Å². The van der Waals surface area contributed by atoms with E-state index in [4.69, 9.17) is 4.74 Å². The number of benzene rings is 1. The zero-order valence-electron chi connectivity index (χ0n) is 19.4. The molecule has 1 amide bonds. The molecule has 1 N–H and O–H groups in total. The molecule has 0 radical (unpaired) electrons. The van der Waals surface area contributed by atoms with Crippen LogP contribution >= 0.6 is 0 Å². The number of halogens is 2. The Morgan fingerprint density at radius 3 is 2.57 bits per heavy atom. The molecule has 0 fully saturated rings. The van der Waals surface area contributed by atoms with Gasteiger partial charge in [-0.15, -0.1) is 0 Å². The summed E-state index contributed by atoms with van der Waals surface area (Å²) in [6.07, 6.45) is 3.04. The first kappa shape index (κ1) is 25.9. The lowest BCUT2D eigenvalue weighted by molar-refractivity contribution is -0.144. The molecule has 0 aliphatic carbocycles. The maximum absolute atomic E-state index is 14.5. The van der Waals surface area contributed by atoms with Gasteiger partial charge >= 0.3 is 5.97 Å². The Kier molecular flexibility index (Phi) is 8.58. The van der Waals surface area contributed by atoms with E-state index in [0.29, 0.717) is 11.4 Å². The molecule has 3 rings (SSSR count). The van der Waals surface area contributed by atoms with Gasteiger partial charge in [-0.25, -0.2) is 13.8 Å². The minimum Gasteiger partial charge on any atom is -0.459 e. The van der Waals surface area contributed by atoms with Crippen LogP contribution in [-0.4, -0.2) is 40.1 Å². The monoisotopic (exact) mass is 502 g/mol. The molecule has 1 atom stereocenters. The van der Waals surface area contributed by atoms with Crippen molar-refractivity contribution in [2.75, 3.05) is 24.3 Å². The normalized spacial score (nSPS) is 11.6. The van der Waals surface area contributed by atoms with Gasteiger partial charge in [-0.05, 0) is 30.3 Å². The first-order valence-corrected chi connectivity index (χ1v) is 11.9. The highest BCUT2D eigenvalue weighted by molar-refractivity contribution is 7.84. The number of ether oxygens (including phenoxy) is 1. The summed E-state index contributed by atoms with van der Waals surface area (Å²) < 4.78 is 46.9. The lowest BCUT2D eigenvalue weighted by Gasteiger charge is -2.15. The number of anilines is 2. The molecule has 0 spiro atoms. The van der Waals surface area contributed by atoms with Crippen LogP contribution in [0.25, 0.3) is 0 Å². The molecule has 8 nitrogen and oxygen atoms in total. The number of rotatable bonds is 9. The summed E-state index contributed by atoms with van der Waals surface area (Å²) in [7, 11) is 1.23. The molecule has 2 heterocycles. The van der Waals surface area contributed by atoms with Crippen LogP contribution in [-0.2, 0) is 32.7 Å². The Morgan fingerprint density at radius 1 is 1.09 bits per heavy atom. The summed E-state index contributed by atoms with van der Waals surface area (Å²) in [6.45, 7) is 1.62. The van der Waals surface area contributed by atoms with Crippen LogP contribution < -0.4 is 10.2 Å². The number of carbonyl (C=O) groups is 2. The van der Waals surface area contributed by atoms with Gasteiger partial charge in [0.1, 0.15) is 23.3 Å². The molecule has 3 aromatic rings. The van der Waals surface area contributed by atoms with Crippen molar-refractivity contribution in [1.29, 1.82) is 0 Å². The highest BCUT2D eigenvalue weighted by atomic mass is 32.2. The van der Waals surface area contributed by atoms with E-state index in [-0.39, 0.29) is 46.6 Å². The first-order valence-electron chi connectivity index (χ1n) is 10.6. The molecule has 35 heavy (non-hydrogen) atoms. The van der Waals surface area contributed by atoms with Crippen molar-refractivity contribution < 1.29 is 27.3 Å². The second-order valence-corrected chi connectivity index (χ2v) is 9.01. The van der Waals surface area contributed by atoms with E-state index >= 15 is 0 Å². The predicted octanol–water partition coefficient (Wildman–Crippen LogP) is 3.83. The molecule has 0 bridgehead atoms. The van der Waals surface area contributed by atoms with Crippen molar-refractivity contribution in [2.45, 2.75) is 30.7 Å². The molecule has 2 aromatic heterocycles. The number of aromatic nitrogens is 2. The lowest BCUT2D eigenvalue weighted by Crippen LogP contribution is -2.17. The topological polar surface area (TPSA) is 101 Å². The van der Waals surface area contributed by atoms with Crippen molar-refractivity contribution in [3.63, 3.8) is 0 Å². The molecule has 11 heteroatoms. The van der Waals surface area contributed by atoms with Gasteiger partial charge in [0.25, 0.3) is 5.91 Å². The maximum Gasteiger partial charge on any atom is 0.305 e. The molecular formula is C24H24F2N4O4S. The third-order valence-corrected chi connectivity index (χ3v) is 6.19. The number of hydrogen-bond acceptors (Lipinski definition) is 7. The highest BCUT2D eigenvalue weighted by Crippen LogP contribution is 2.24. The Morgan fingerprint density at radius 2 is 1.86 bits per heavy atom. The fourth-order valence-electron chi connectivity index (χ4n) is 3.08. The standard InChI is InChI=1S/C24H24F2N4O4S/c1-4-22(31)34-13-17-11-16(7-9-27-17)29-23(32)18-6-5-8-28-24(18)35(33)14-15-10-20(26)21(30(2)3)12-19(15)25/h5-12H,4,13-14H2,1-3H3,(H,27,29,32). The Bertz CT molecular complexity index is 1270. The Balaban J connectivity index is 1.78. The van der Waals surface area contributed by atoms with Crippen LogP contribution in [0.5, 0.6) is 0 Å². The van der Waals surface area contributed by atoms with Crippen molar-refractivity contribution in [3.05, 3.63) is 77.2 Å². The number of hydrogen-bond donors (Lipinski definition) is 1. The Hall–Kier alpha value is -3.73. The van der Waals surface area contributed by atoms with Gasteiger partial charge in [0.2, 0.25) is 0 Å². The third-order valence-electron chi connectivity index (χ3n) is 4.86. The van der Waals surface area contributed by atoms with E-state index in [1.165, 1.54) is 35.5 Å². The van der Waals surface area contributed by atoms with Crippen LogP contribution in [0.2, 0.25) is 0 Å². The summed E-state index contributed by atoms with van der Waals surface area (Å²) in [5.41, 5.74) is 0.797. The Labute approximate surface area is 203 Å². The van der Waals surface area contributed by atoms with E-state index in [9.17, 15) is 22.6 Å². The maximum atomic E-state index is 14.5. The SMILES string of the molecule is CCC(=O)OCc1cc(NC(=O)c2cccnc2S(=O)Cc2cc(F)c(N(C)C)cc2F)ccn1. The lowest BCUT2D eigenvalue weighted by atomic mass is 10.2.